The van der Waals surface area contributed by atoms with Crippen molar-refractivity contribution in [3.05, 3.63) is 60.2 Å². The molecule has 1 aliphatic rings. The van der Waals surface area contributed by atoms with Crippen LogP contribution in [0.15, 0.2) is 54.6 Å². The molecule has 1 aliphatic heterocycles. The highest BCUT2D eigenvalue weighted by Gasteiger charge is 2.16. The van der Waals surface area contributed by atoms with Gasteiger partial charge in [0.2, 0.25) is 0 Å². The molecule has 1 saturated heterocycles. The first kappa shape index (κ1) is 20.1. The molecule has 0 saturated carbocycles. The fourth-order valence-corrected chi connectivity index (χ4v) is 2.95. The van der Waals surface area contributed by atoms with Gasteiger partial charge in [0.05, 0.1) is 6.10 Å². The number of carbonyl (C=O) groups excluding carboxylic acids is 1. The van der Waals surface area contributed by atoms with E-state index in [4.69, 9.17) is 26.4 Å². The standard InChI is InChI=1S/C21H24N2O4S/c24-20(23-21(28)22-15-19-7-4-12-25-19)16-8-10-18(11-9-16)27-14-13-26-17-5-2-1-3-6-17/h1-3,5-6,8-11,19H,4,7,12-15H2,(H2,22,23,24,28). The van der Waals surface area contributed by atoms with E-state index in [9.17, 15) is 4.79 Å². The maximum atomic E-state index is 12.2. The van der Waals surface area contributed by atoms with E-state index in [-0.39, 0.29) is 12.0 Å². The molecule has 0 aromatic heterocycles. The minimum absolute atomic E-state index is 0.164. The number of thiocarbonyl (C=S) groups is 1. The number of hydrogen-bond donors (Lipinski definition) is 2. The second kappa shape index (κ2) is 10.6. The summed E-state index contributed by atoms with van der Waals surface area (Å²) in [5.74, 6) is 1.22. The molecule has 1 fully saturated rings. The number of nitrogens with one attached hydrogen (secondary N) is 2. The minimum atomic E-state index is -0.260. The van der Waals surface area contributed by atoms with Crippen molar-refractivity contribution in [1.29, 1.82) is 0 Å². The van der Waals surface area contributed by atoms with Gasteiger partial charge in [0, 0.05) is 18.7 Å². The van der Waals surface area contributed by atoms with Crippen LogP contribution in [-0.2, 0) is 4.74 Å². The topological polar surface area (TPSA) is 68.8 Å². The Bertz CT molecular complexity index is 762. The summed E-state index contributed by atoms with van der Waals surface area (Å²) in [7, 11) is 0. The van der Waals surface area contributed by atoms with Crippen molar-refractivity contribution in [2.75, 3.05) is 26.4 Å². The largest absolute Gasteiger partial charge is 0.490 e. The van der Waals surface area contributed by atoms with Crippen LogP contribution in [0.3, 0.4) is 0 Å². The molecule has 148 valence electrons. The summed E-state index contributed by atoms with van der Waals surface area (Å²) in [6.45, 7) is 2.25. The molecule has 2 aromatic carbocycles. The summed E-state index contributed by atoms with van der Waals surface area (Å²) >= 11 is 5.16. The normalized spacial score (nSPS) is 15.6. The second-order valence-corrected chi connectivity index (χ2v) is 6.74. The number of benzene rings is 2. The third-order valence-electron chi connectivity index (χ3n) is 4.22. The Morgan fingerprint density at radius 3 is 2.36 bits per heavy atom. The number of ether oxygens (including phenoxy) is 3. The van der Waals surface area contributed by atoms with Crippen LogP contribution in [0.5, 0.6) is 11.5 Å². The molecule has 1 amide bonds. The zero-order valence-corrected chi connectivity index (χ0v) is 16.4. The number of para-hydroxylation sites is 1. The monoisotopic (exact) mass is 400 g/mol. The van der Waals surface area contributed by atoms with E-state index in [1.807, 2.05) is 30.3 Å². The van der Waals surface area contributed by atoms with Crippen molar-refractivity contribution in [3.63, 3.8) is 0 Å². The Morgan fingerprint density at radius 1 is 1.04 bits per heavy atom. The van der Waals surface area contributed by atoms with Crippen molar-refractivity contribution in [1.82, 2.24) is 10.6 Å². The van der Waals surface area contributed by atoms with Crippen LogP contribution in [0, 0.1) is 0 Å². The van der Waals surface area contributed by atoms with Gasteiger partial charge in [-0.25, -0.2) is 0 Å². The number of rotatable bonds is 8. The first-order valence-corrected chi connectivity index (χ1v) is 9.73. The van der Waals surface area contributed by atoms with Crippen LogP contribution in [-0.4, -0.2) is 43.5 Å². The molecule has 28 heavy (non-hydrogen) atoms. The quantitative estimate of drug-likeness (QED) is 0.525. The van der Waals surface area contributed by atoms with Crippen molar-refractivity contribution >= 4 is 23.2 Å². The lowest BCUT2D eigenvalue weighted by molar-refractivity contribution is 0.0973. The molecule has 1 unspecified atom stereocenters. The highest BCUT2D eigenvalue weighted by atomic mass is 32.1. The van der Waals surface area contributed by atoms with Gasteiger partial charge in [0.1, 0.15) is 24.7 Å². The molecule has 2 N–H and O–H groups in total. The Balaban J connectivity index is 1.36. The predicted octanol–water partition coefficient (Wildman–Crippen LogP) is 2.93. The first-order valence-electron chi connectivity index (χ1n) is 9.32. The number of carbonyl (C=O) groups is 1. The number of hydrogen-bond acceptors (Lipinski definition) is 5. The lowest BCUT2D eigenvalue weighted by atomic mass is 10.2. The summed E-state index contributed by atoms with van der Waals surface area (Å²) in [5.41, 5.74) is 0.508. The molecular formula is C21H24N2O4S. The van der Waals surface area contributed by atoms with Gasteiger partial charge in [-0.2, -0.15) is 0 Å². The van der Waals surface area contributed by atoms with Crippen molar-refractivity contribution in [2.45, 2.75) is 18.9 Å². The van der Waals surface area contributed by atoms with E-state index in [2.05, 4.69) is 10.6 Å². The van der Waals surface area contributed by atoms with Crippen molar-refractivity contribution in [2.24, 2.45) is 0 Å². The second-order valence-electron chi connectivity index (χ2n) is 6.33. The molecule has 0 spiro atoms. The fourth-order valence-electron chi connectivity index (χ4n) is 2.77. The van der Waals surface area contributed by atoms with Crippen molar-refractivity contribution in [3.8, 4) is 11.5 Å². The Kier molecular flexibility index (Phi) is 7.63. The molecule has 6 nitrogen and oxygen atoms in total. The molecule has 0 radical (unpaired) electrons. The fraction of sp³-hybridized carbons (Fsp3) is 0.333. The van der Waals surface area contributed by atoms with E-state index in [1.54, 1.807) is 24.3 Å². The Labute approximate surface area is 170 Å². The molecule has 3 rings (SSSR count). The van der Waals surface area contributed by atoms with E-state index in [0.717, 1.165) is 25.2 Å². The zero-order chi connectivity index (χ0) is 19.6. The highest BCUT2D eigenvalue weighted by molar-refractivity contribution is 7.80. The molecule has 0 bridgehead atoms. The zero-order valence-electron chi connectivity index (χ0n) is 15.6. The third-order valence-corrected chi connectivity index (χ3v) is 4.47. The van der Waals surface area contributed by atoms with Crippen LogP contribution in [0.1, 0.15) is 23.2 Å². The summed E-state index contributed by atoms with van der Waals surface area (Å²) in [6.07, 6.45) is 2.25. The Hall–Kier alpha value is -2.64. The van der Waals surface area contributed by atoms with E-state index in [1.165, 1.54) is 0 Å². The predicted molar refractivity (Wildman–Crippen MR) is 111 cm³/mol. The van der Waals surface area contributed by atoms with Crippen LogP contribution in [0.25, 0.3) is 0 Å². The average Bonchev–Trinajstić information content (AvgIpc) is 3.25. The molecule has 7 heteroatoms. The average molecular weight is 401 g/mol. The summed E-state index contributed by atoms with van der Waals surface area (Å²) in [5, 5.41) is 6.00. The van der Waals surface area contributed by atoms with Gasteiger partial charge in [0.15, 0.2) is 5.11 Å². The van der Waals surface area contributed by atoms with Gasteiger partial charge < -0.3 is 19.5 Å². The lowest BCUT2D eigenvalue weighted by Gasteiger charge is -2.13. The minimum Gasteiger partial charge on any atom is -0.490 e. The van der Waals surface area contributed by atoms with Gasteiger partial charge in [0.25, 0.3) is 5.91 Å². The molecule has 0 aliphatic carbocycles. The van der Waals surface area contributed by atoms with E-state index < -0.39 is 0 Å². The molecule has 1 atom stereocenters. The van der Waals surface area contributed by atoms with Gasteiger partial charge in [-0.3, -0.25) is 10.1 Å². The van der Waals surface area contributed by atoms with Crippen LogP contribution in [0.2, 0.25) is 0 Å². The maximum Gasteiger partial charge on any atom is 0.257 e. The Morgan fingerprint density at radius 2 is 1.71 bits per heavy atom. The first-order chi connectivity index (χ1) is 13.7. The SMILES string of the molecule is O=C(NC(=S)NCC1CCCO1)c1ccc(OCCOc2ccccc2)cc1. The van der Waals surface area contributed by atoms with Crippen molar-refractivity contribution < 1.29 is 19.0 Å². The molecular weight excluding hydrogens is 376 g/mol. The van der Waals surface area contributed by atoms with Crippen LogP contribution in [0.4, 0.5) is 0 Å². The van der Waals surface area contributed by atoms with Gasteiger partial charge in [-0.05, 0) is 61.5 Å². The van der Waals surface area contributed by atoms with Crippen LogP contribution < -0.4 is 20.1 Å². The molecule has 2 aromatic rings. The van der Waals surface area contributed by atoms with Gasteiger partial charge in [-0.15, -0.1) is 0 Å². The third kappa shape index (κ3) is 6.51. The van der Waals surface area contributed by atoms with E-state index in [0.29, 0.717) is 36.2 Å². The lowest BCUT2D eigenvalue weighted by Crippen LogP contribution is -2.42. The number of amides is 1. The smallest absolute Gasteiger partial charge is 0.257 e. The van der Waals surface area contributed by atoms with Gasteiger partial charge >= 0.3 is 0 Å². The molecule has 1 heterocycles. The summed E-state index contributed by atoms with van der Waals surface area (Å²) in [4.78, 5) is 12.2. The van der Waals surface area contributed by atoms with E-state index >= 15 is 0 Å². The summed E-state index contributed by atoms with van der Waals surface area (Å²) in [6, 6.07) is 16.5. The maximum absolute atomic E-state index is 12.2. The highest BCUT2D eigenvalue weighted by Crippen LogP contribution is 2.13. The van der Waals surface area contributed by atoms with Crippen LogP contribution >= 0.6 is 12.2 Å². The summed E-state index contributed by atoms with van der Waals surface area (Å²) < 4.78 is 16.7. The van der Waals surface area contributed by atoms with Gasteiger partial charge in [-0.1, -0.05) is 18.2 Å².